The molecule has 0 fully saturated rings. The lowest BCUT2D eigenvalue weighted by Crippen LogP contribution is -2.40. The van der Waals surface area contributed by atoms with Gasteiger partial charge in [0.15, 0.2) is 0 Å². The summed E-state index contributed by atoms with van der Waals surface area (Å²) in [4.78, 5) is 1.31. The maximum atomic E-state index is 12.5. The minimum Gasteiger partial charge on any atom is -0.497 e. The average Bonchev–Trinajstić information content (AvgIpc) is 2.37. The summed E-state index contributed by atoms with van der Waals surface area (Å²) < 4.78 is 42.7. The highest BCUT2D eigenvalue weighted by atomic mass is 19.4. The molecule has 0 radical (unpaired) electrons. The van der Waals surface area contributed by atoms with Gasteiger partial charge in [0.25, 0.3) is 0 Å². The number of alkyl halides is 3. The zero-order valence-electron chi connectivity index (χ0n) is 11.1. The molecule has 0 bridgehead atoms. The van der Waals surface area contributed by atoms with E-state index in [1.165, 1.54) is 12.0 Å². The lowest BCUT2D eigenvalue weighted by molar-refractivity contribution is -0.150. The van der Waals surface area contributed by atoms with Gasteiger partial charge in [0.1, 0.15) is 5.75 Å². The summed E-state index contributed by atoms with van der Waals surface area (Å²) in [5, 5.41) is 0. The third-order valence-electron chi connectivity index (χ3n) is 2.93. The molecule has 0 aliphatic carbocycles. The quantitative estimate of drug-likeness (QED) is 0.868. The summed E-state index contributed by atoms with van der Waals surface area (Å²) in [6.45, 7) is 1.12. The van der Waals surface area contributed by atoms with E-state index in [4.69, 9.17) is 10.5 Å². The largest absolute Gasteiger partial charge is 0.497 e. The zero-order valence-corrected chi connectivity index (χ0v) is 11.1. The first kappa shape index (κ1) is 15.8. The molecule has 1 atom stereocenters. The van der Waals surface area contributed by atoms with E-state index in [9.17, 15) is 13.2 Å². The van der Waals surface area contributed by atoms with Crippen LogP contribution in [0.1, 0.15) is 18.5 Å². The molecule has 1 aromatic carbocycles. The predicted molar refractivity (Wildman–Crippen MR) is 68.1 cm³/mol. The second kappa shape index (κ2) is 6.77. The van der Waals surface area contributed by atoms with E-state index < -0.39 is 18.8 Å². The van der Waals surface area contributed by atoms with Gasteiger partial charge in [0, 0.05) is 12.6 Å². The standard InChI is InChI=1S/C13H19F3N2O/c1-3-18(9-13(14,15)16)12(8-17)10-5-4-6-11(7-10)19-2/h4-7,12H,3,8-9,17H2,1-2H3. The predicted octanol–water partition coefficient (Wildman–Crippen LogP) is 2.58. The van der Waals surface area contributed by atoms with Gasteiger partial charge in [-0.3, -0.25) is 4.90 Å². The van der Waals surface area contributed by atoms with Crippen molar-refractivity contribution in [1.29, 1.82) is 0 Å². The number of benzene rings is 1. The maximum Gasteiger partial charge on any atom is 0.401 e. The summed E-state index contributed by atoms with van der Waals surface area (Å²) in [7, 11) is 1.52. The van der Waals surface area contributed by atoms with Gasteiger partial charge in [0.05, 0.1) is 13.7 Å². The summed E-state index contributed by atoms with van der Waals surface area (Å²) in [5.74, 6) is 0.610. The highest BCUT2D eigenvalue weighted by molar-refractivity contribution is 5.30. The van der Waals surface area contributed by atoms with Crippen molar-refractivity contribution in [2.45, 2.75) is 19.1 Å². The summed E-state index contributed by atoms with van der Waals surface area (Å²) in [6.07, 6.45) is -4.23. The molecule has 0 amide bonds. The third kappa shape index (κ3) is 4.72. The van der Waals surface area contributed by atoms with Gasteiger partial charge >= 0.3 is 6.18 Å². The van der Waals surface area contributed by atoms with Crippen LogP contribution >= 0.6 is 0 Å². The van der Waals surface area contributed by atoms with Crippen LogP contribution in [0.2, 0.25) is 0 Å². The Hall–Kier alpha value is -1.27. The van der Waals surface area contributed by atoms with E-state index >= 15 is 0 Å². The van der Waals surface area contributed by atoms with Crippen LogP contribution in [0.3, 0.4) is 0 Å². The van der Waals surface area contributed by atoms with E-state index in [0.29, 0.717) is 5.75 Å². The Morgan fingerprint density at radius 1 is 1.37 bits per heavy atom. The zero-order chi connectivity index (χ0) is 14.5. The summed E-state index contributed by atoms with van der Waals surface area (Å²) in [6, 6.07) is 6.51. The van der Waals surface area contributed by atoms with Crippen LogP contribution in [0.15, 0.2) is 24.3 Å². The Balaban J connectivity index is 2.96. The van der Waals surface area contributed by atoms with E-state index in [1.54, 1.807) is 31.2 Å². The van der Waals surface area contributed by atoms with Crippen LogP contribution in [-0.2, 0) is 0 Å². The molecule has 19 heavy (non-hydrogen) atoms. The monoisotopic (exact) mass is 276 g/mol. The van der Waals surface area contributed by atoms with Crippen LogP contribution in [-0.4, -0.2) is 37.8 Å². The second-order valence-electron chi connectivity index (χ2n) is 4.21. The lowest BCUT2D eigenvalue weighted by atomic mass is 10.0. The molecule has 0 heterocycles. The van der Waals surface area contributed by atoms with Crippen molar-refractivity contribution in [3.05, 3.63) is 29.8 Å². The van der Waals surface area contributed by atoms with Gasteiger partial charge in [-0.2, -0.15) is 13.2 Å². The van der Waals surface area contributed by atoms with Crippen molar-refractivity contribution in [2.75, 3.05) is 26.7 Å². The SMILES string of the molecule is CCN(CC(F)(F)F)C(CN)c1cccc(OC)c1. The van der Waals surface area contributed by atoms with Crippen molar-refractivity contribution >= 4 is 0 Å². The van der Waals surface area contributed by atoms with Crippen LogP contribution < -0.4 is 10.5 Å². The van der Waals surface area contributed by atoms with Gasteiger partial charge in [-0.1, -0.05) is 19.1 Å². The van der Waals surface area contributed by atoms with Crippen molar-refractivity contribution in [2.24, 2.45) is 5.73 Å². The van der Waals surface area contributed by atoms with Crippen LogP contribution in [0.4, 0.5) is 13.2 Å². The smallest absolute Gasteiger partial charge is 0.401 e. The van der Waals surface area contributed by atoms with Gasteiger partial charge in [-0.05, 0) is 24.2 Å². The number of nitrogens with two attached hydrogens (primary N) is 1. The number of nitrogens with zero attached hydrogens (tertiary/aromatic N) is 1. The lowest BCUT2D eigenvalue weighted by Gasteiger charge is -2.31. The van der Waals surface area contributed by atoms with Gasteiger partial charge < -0.3 is 10.5 Å². The van der Waals surface area contributed by atoms with Crippen LogP contribution in [0.5, 0.6) is 5.75 Å². The summed E-state index contributed by atoms with van der Waals surface area (Å²) >= 11 is 0. The fourth-order valence-corrected chi connectivity index (χ4v) is 2.02. The molecule has 2 N–H and O–H groups in total. The normalized spacial score (nSPS) is 13.6. The van der Waals surface area contributed by atoms with E-state index in [2.05, 4.69) is 0 Å². The Bertz CT molecular complexity index is 396. The molecule has 1 unspecified atom stereocenters. The van der Waals surface area contributed by atoms with Crippen LogP contribution in [0.25, 0.3) is 0 Å². The molecule has 6 heteroatoms. The first-order valence-electron chi connectivity index (χ1n) is 6.06. The van der Waals surface area contributed by atoms with Gasteiger partial charge in [-0.25, -0.2) is 0 Å². The molecule has 0 saturated heterocycles. The molecule has 0 aromatic heterocycles. The first-order valence-corrected chi connectivity index (χ1v) is 6.06. The fraction of sp³-hybridized carbons (Fsp3) is 0.538. The Kier molecular flexibility index (Phi) is 5.62. The number of likely N-dealkylation sites (N-methyl/N-ethyl adjacent to an activating group) is 1. The molecule has 0 saturated carbocycles. The minimum atomic E-state index is -4.23. The maximum absolute atomic E-state index is 12.5. The first-order chi connectivity index (χ1) is 8.91. The minimum absolute atomic E-state index is 0.122. The Morgan fingerprint density at radius 3 is 2.53 bits per heavy atom. The molecule has 1 aromatic rings. The van der Waals surface area contributed by atoms with Gasteiger partial charge in [0.2, 0.25) is 0 Å². The number of halogens is 3. The highest BCUT2D eigenvalue weighted by Crippen LogP contribution is 2.26. The highest BCUT2D eigenvalue weighted by Gasteiger charge is 2.33. The number of hydrogen-bond acceptors (Lipinski definition) is 3. The number of ether oxygens (including phenoxy) is 1. The Labute approximate surface area is 111 Å². The third-order valence-corrected chi connectivity index (χ3v) is 2.93. The molecule has 3 nitrogen and oxygen atoms in total. The molecule has 0 aliphatic heterocycles. The average molecular weight is 276 g/mol. The number of hydrogen-bond donors (Lipinski definition) is 1. The molecule has 0 aliphatic rings. The molecule has 0 spiro atoms. The fourth-order valence-electron chi connectivity index (χ4n) is 2.02. The second-order valence-corrected chi connectivity index (χ2v) is 4.21. The summed E-state index contributed by atoms with van der Waals surface area (Å²) in [5.41, 5.74) is 6.37. The van der Waals surface area contributed by atoms with E-state index in [-0.39, 0.29) is 13.1 Å². The topological polar surface area (TPSA) is 38.5 Å². The van der Waals surface area contributed by atoms with E-state index in [1.807, 2.05) is 0 Å². The number of methoxy groups -OCH3 is 1. The molecule has 108 valence electrons. The van der Waals surface area contributed by atoms with Crippen molar-refractivity contribution in [3.8, 4) is 5.75 Å². The molecular formula is C13H19F3N2O. The molecular weight excluding hydrogens is 257 g/mol. The van der Waals surface area contributed by atoms with Crippen molar-refractivity contribution < 1.29 is 17.9 Å². The van der Waals surface area contributed by atoms with Crippen LogP contribution in [0, 0.1) is 0 Å². The van der Waals surface area contributed by atoms with Gasteiger partial charge in [-0.15, -0.1) is 0 Å². The van der Waals surface area contributed by atoms with Crippen molar-refractivity contribution in [1.82, 2.24) is 4.90 Å². The molecule has 1 rings (SSSR count). The van der Waals surface area contributed by atoms with E-state index in [0.717, 1.165) is 5.56 Å². The van der Waals surface area contributed by atoms with Crippen molar-refractivity contribution in [3.63, 3.8) is 0 Å². The Morgan fingerprint density at radius 2 is 2.05 bits per heavy atom. The number of rotatable bonds is 6.